The van der Waals surface area contributed by atoms with E-state index in [9.17, 15) is 22.0 Å². The van der Waals surface area contributed by atoms with Crippen LogP contribution in [-0.2, 0) is 12.1 Å². The molecule has 0 atom stereocenters. The van der Waals surface area contributed by atoms with Gasteiger partial charge in [0.15, 0.2) is 5.69 Å². The number of aromatic nitrogens is 1. The van der Waals surface area contributed by atoms with Gasteiger partial charge in [0.05, 0.1) is 12.7 Å². The summed E-state index contributed by atoms with van der Waals surface area (Å²) in [4.78, 5) is 3.01. The van der Waals surface area contributed by atoms with Crippen LogP contribution in [0.25, 0.3) is 0 Å². The molecule has 8 heteroatoms. The van der Waals surface area contributed by atoms with Crippen LogP contribution in [0.15, 0.2) is 6.07 Å². The van der Waals surface area contributed by atoms with Crippen molar-refractivity contribution in [2.24, 2.45) is 0 Å². The summed E-state index contributed by atoms with van der Waals surface area (Å²) >= 11 is 5.34. The maximum absolute atomic E-state index is 12.6. The van der Waals surface area contributed by atoms with Crippen molar-refractivity contribution in [2.45, 2.75) is 18.5 Å². The first kappa shape index (κ1) is 14.0. The van der Waals surface area contributed by atoms with E-state index >= 15 is 0 Å². The fraction of sp³-hybridized carbons (Fsp3) is 0.444. The van der Waals surface area contributed by atoms with Crippen LogP contribution in [0, 0.1) is 0 Å². The van der Waals surface area contributed by atoms with Crippen LogP contribution >= 0.6 is 11.6 Å². The van der Waals surface area contributed by atoms with Crippen LogP contribution in [0.1, 0.15) is 23.2 Å². The summed E-state index contributed by atoms with van der Waals surface area (Å²) in [5, 5.41) is 0. The molecule has 0 unspecified atom stereocenters. The number of hydrogen-bond donors (Lipinski definition) is 0. The molecule has 0 saturated carbocycles. The van der Waals surface area contributed by atoms with E-state index in [2.05, 4.69) is 9.72 Å². The highest BCUT2D eigenvalue weighted by Crippen LogP contribution is 2.38. The van der Waals surface area contributed by atoms with Crippen molar-refractivity contribution in [1.82, 2.24) is 4.98 Å². The number of ether oxygens (including phenoxy) is 1. The highest BCUT2D eigenvalue weighted by molar-refractivity contribution is 6.17. The molecule has 0 saturated heterocycles. The van der Waals surface area contributed by atoms with Crippen molar-refractivity contribution in [3.8, 4) is 5.88 Å². The van der Waals surface area contributed by atoms with E-state index in [0.717, 1.165) is 13.2 Å². The first-order valence-corrected chi connectivity index (χ1v) is 4.83. The third kappa shape index (κ3) is 2.96. The number of alkyl halides is 6. The molecule has 2 nitrogen and oxygen atoms in total. The number of pyridine rings is 1. The molecular weight excluding hydrogens is 269 g/mol. The summed E-state index contributed by atoms with van der Waals surface area (Å²) in [5.41, 5.74) is -3.21. The Morgan fingerprint density at radius 3 is 2.35 bits per heavy atom. The highest BCUT2D eigenvalue weighted by atomic mass is 35.5. The van der Waals surface area contributed by atoms with E-state index in [4.69, 9.17) is 11.6 Å². The van der Waals surface area contributed by atoms with Gasteiger partial charge in [0.2, 0.25) is 5.88 Å². The van der Waals surface area contributed by atoms with Crippen LogP contribution in [-0.4, -0.2) is 12.1 Å². The van der Waals surface area contributed by atoms with E-state index in [1.807, 2.05) is 0 Å². The third-order valence-electron chi connectivity index (χ3n) is 1.96. The second kappa shape index (κ2) is 5.03. The fourth-order valence-corrected chi connectivity index (χ4v) is 1.48. The number of methoxy groups -OCH3 is 1. The van der Waals surface area contributed by atoms with Gasteiger partial charge >= 0.3 is 6.18 Å². The molecule has 17 heavy (non-hydrogen) atoms. The number of nitrogens with zero attached hydrogens (tertiary/aromatic N) is 1. The molecule has 0 aromatic carbocycles. The lowest BCUT2D eigenvalue weighted by atomic mass is 10.1. The van der Waals surface area contributed by atoms with E-state index in [0.29, 0.717) is 0 Å². The van der Waals surface area contributed by atoms with E-state index < -0.39 is 35.6 Å². The van der Waals surface area contributed by atoms with Crippen molar-refractivity contribution >= 4 is 11.6 Å². The van der Waals surface area contributed by atoms with Gasteiger partial charge in [0, 0.05) is 11.9 Å². The molecule has 1 aromatic heterocycles. The van der Waals surface area contributed by atoms with Gasteiger partial charge in [-0.25, -0.2) is 13.8 Å². The molecule has 0 N–H and O–H groups in total. The quantitative estimate of drug-likeness (QED) is 0.618. The van der Waals surface area contributed by atoms with Crippen LogP contribution in [0.3, 0.4) is 0 Å². The molecule has 0 spiro atoms. The molecule has 1 heterocycles. The van der Waals surface area contributed by atoms with Crippen LogP contribution in [0.2, 0.25) is 0 Å². The Bertz CT molecular complexity index is 407. The number of halogens is 6. The lowest BCUT2D eigenvalue weighted by molar-refractivity contribution is -0.143. The Labute approximate surface area is 98.4 Å². The van der Waals surface area contributed by atoms with Gasteiger partial charge in [0.1, 0.15) is 0 Å². The molecule has 0 aliphatic heterocycles. The van der Waals surface area contributed by atoms with Crippen LogP contribution in [0.4, 0.5) is 22.0 Å². The molecule has 0 radical (unpaired) electrons. The van der Waals surface area contributed by atoms with E-state index in [1.54, 1.807) is 0 Å². The zero-order valence-electron chi connectivity index (χ0n) is 8.49. The van der Waals surface area contributed by atoms with Gasteiger partial charge in [-0.3, -0.25) is 0 Å². The van der Waals surface area contributed by atoms with Gasteiger partial charge < -0.3 is 4.74 Å². The minimum atomic E-state index is -4.99. The Hall–Kier alpha value is -1.11. The summed E-state index contributed by atoms with van der Waals surface area (Å²) in [6.45, 7) is 0. The summed E-state index contributed by atoms with van der Waals surface area (Å²) in [5.74, 6) is -0.890. The van der Waals surface area contributed by atoms with Crippen molar-refractivity contribution in [3.05, 3.63) is 22.9 Å². The average Bonchev–Trinajstić information content (AvgIpc) is 2.25. The van der Waals surface area contributed by atoms with Gasteiger partial charge in [-0.2, -0.15) is 13.2 Å². The molecule has 0 bridgehead atoms. The molecule has 0 aliphatic carbocycles. The normalized spacial score (nSPS) is 12.0. The Morgan fingerprint density at radius 1 is 1.41 bits per heavy atom. The monoisotopic (exact) mass is 275 g/mol. The molecule has 0 aliphatic rings. The van der Waals surface area contributed by atoms with Gasteiger partial charge in [-0.15, -0.1) is 11.6 Å². The Balaban J connectivity index is 3.52. The predicted molar refractivity (Wildman–Crippen MR) is 50.3 cm³/mol. The number of hydrogen-bond acceptors (Lipinski definition) is 2. The largest absolute Gasteiger partial charge is 0.481 e. The minimum absolute atomic E-state index is 0.346. The van der Waals surface area contributed by atoms with E-state index in [1.165, 1.54) is 0 Å². The van der Waals surface area contributed by atoms with Crippen molar-refractivity contribution in [1.29, 1.82) is 0 Å². The molecular formula is C9H7ClF5NO. The Morgan fingerprint density at radius 2 is 2.00 bits per heavy atom. The summed E-state index contributed by atoms with van der Waals surface area (Å²) in [6, 6.07) is 0.962. The summed E-state index contributed by atoms with van der Waals surface area (Å²) in [6.07, 6.45) is -8.29. The molecule has 1 aromatic rings. The topological polar surface area (TPSA) is 22.1 Å². The lowest BCUT2D eigenvalue weighted by Crippen LogP contribution is -2.15. The predicted octanol–water partition coefficient (Wildman–Crippen LogP) is 3.79. The first-order valence-electron chi connectivity index (χ1n) is 4.30. The molecule has 96 valence electrons. The first-order chi connectivity index (χ1) is 7.81. The highest BCUT2D eigenvalue weighted by Gasteiger charge is 2.39. The molecule has 0 amide bonds. The van der Waals surface area contributed by atoms with Crippen molar-refractivity contribution < 1.29 is 26.7 Å². The van der Waals surface area contributed by atoms with Crippen molar-refractivity contribution in [3.63, 3.8) is 0 Å². The summed E-state index contributed by atoms with van der Waals surface area (Å²) in [7, 11) is 1.09. The van der Waals surface area contributed by atoms with E-state index in [-0.39, 0.29) is 5.56 Å². The van der Waals surface area contributed by atoms with Crippen molar-refractivity contribution in [2.75, 3.05) is 7.11 Å². The second-order valence-corrected chi connectivity index (χ2v) is 3.29. The molecule has 0 fully saturated rings. The SMILES string of the molecule is COc1cc(CCl)c(C(F)F)c(C(F)(F)F)n1. The molecule has 1 rings (SSSR count). The maximum Gasteiger partial charge on any atom is 0.433 e. The van der Waals surface area contributed by atoms with Crippen LogP contribution in [0.5, 0.6) is 5.88 Å². The minimum Gasteiger partial charge on any atom is -0.481 e. The van der Waals surface area contributed by atoms with Gasteiger partial charge in [-0.1, -0.05) is 0 Å². The zero-order valence-corrected chi connectivity index (χ0v) is 9.24. The maximum atomic E-state index is 12.6. The lowest BCUT2D eigenvalue weighted by Gasteiger charge is -2.15. The third-order valence-corrected chi connectivity index (χ3v) is 2.25. The van der Waals surface area contributed by atoms with Gasteiger partial charge in [-0.05, 0) is 5.56 Å². The van der Waals surface area contributed by atoms with Crippen LogP contribution < -0.4 is 4.74 Å². The standard InChI is InChI=1S/C9H7ClF5NO/c1-17-5-2-4(3-10)6(8(11)12)7(16-5)9(13,14)15/h2,8H,3H2,1H3. The van der Waals surface area contributed by atoms with Gasteiger partial charge in [0.25, 0.3) is 6.43 Å². The average molecular weight is 276 g/mol. The zero-order chi connectivity index (χ0) is 13.2. The number of rotatable bonds is 3. The smallest absolute Gasteiger partial charge is 0.433 e. The second-order valence-electron chi connectivity index (χ2n) is 3.02. The fourth-order valence-electron chi connectivity index (χ4n) is 1.26. The Kier molecular flexibility index (Phi) is 4.13. The summed E-state index contributed by atoms with van der Waals surface area (Å²) < 4.78 is 67.4.